The van der Waals surface area contributed by atoms with Crippen LogP contribution in [0.4, 0.5) is 30.2 Å². The van der Waals surface area contributed by atoms with Gasteiger partial charge in [-0.1, -0.05) is 18.6 Å². The molecule has 29 heavy (non-hydrogen) atoms. The van der Waals surface area contributed by atoms with E-state index in [1.165, 1.54) is 0 Å². The van der Waals surface area contributed by atoms with Gasteiger partial charge >= 0.3 is 6.18 Å². The van der Waals surface area contributed by atoms with Gasteiger partial charge in [0.2, 0.25) is 5.91 Å². The summed E-state index contributed by atoms with van der Waals surface area (Å²) in [7, 11) is 0. The smallest absolute Gasteiger partial charge is 0.416 e. The van der Waals surface area contributed by atoms with E-state index in [1.807, 2.05) is 0 Å². The van der Waals surface area contributed by atoms with E-state index in [0.717, 1.165) is 37.8 Å². The Kier molecular flexibility index (Phi) is 5.12. The summed E-state index contributed by atoms with van der Waals surface area (Å²) in [5.74, 6) is 0.262. The highest BCUT2D eigenvalue weighted by Crippen LogP contribution is 2.48. The number of amides is 1. The first kappa shape index (κ1) is 19.6. The van der Waals surface area contributed by atoms with Gasteiger partial charge in [0.05, 0.1) is 16.9 Å². The lowest BCUT2D eigenvalue weighted by Crippen LogP contribution is -2.30. The van der Waals surface area contributed by atoms with Crippen LogP contribution in [0.3, 0.4) is 0 Å². The fourth-order valence-corrected chi connectivity index (χ4v) is 3.98. The minimum Gasteiger partial charge on any atom is -0.453 e. The highest BCUT2D eigenvalue weighted by molar-refractivity contribution is 5.97. The molecule has 4 N–H and O–H groups in total. The Balaban J connectivity index is 1.61. The molecule has 5 nitrogen and oxygen atoms in total. The highest BCUT2D eigenvalue weighted by atomic mass is 19.4. The molecule has 1 fully saturated rings. The van der Waals surface area contributed by atoms with Crippen LogP contribution in [0.1, 0.15) is 37.7 Å². The number of halogens is 3. The molecule has 0 bridgehead atoms. The molecule has 2 aromatic rings. The van der Waals surface area contributed by atoms with Gasteiger partial charge in [-0.15, -0.1) is 0 Å². The van der Waals surface area contributed by atoms with Gasteiger partial charge in [0.1, 0.15) is 5.69 Å². The average Bonchev–Trinajstić information content (AvgIpc) is 2.65. The number of hydrogen-bond acceptors (Lipinski definition) is 4. The number of rotatable bonds is 3. The number of hydrogen-bond donors (Lipinski definition) is 3. The van der Waals surface area contributed by atoms with Gasteiger partial charge in [0.25, 0.3) is 0 Å². The fraction of sp³-hybridized carbons (Fsp3) is 0.381. The Morgan fingerprint density at radius 1 is 1.21 bits per heavy atom. The summed E-state index contributed by atoms with van der Waals surface area (Å²) in [6.07, 6.45) is -0.773. The summed E-state index contributed by atoms with van der Waals surface area (Å²) in [4.78, 5) is 12.6. The van der Waals surface area contributed by atoms with E-state index < -0.39 is 11.7 Å². The van der Waals surface area contributed by atoms with Crippen LogP contribution in [-0.2, 0) is 11.0 Å². The molecule has 0 aromatic heterocycles. The van der Waals surface area contributed by atoms with Crippen LogP contribution < -0.4 is 21.1 Å². The topological polar surface area (TPSA) is 76.4 Å². The number of nitrogens with one attached hydrogen (secondary N) is 2. The Labute approximate surface area is 166 Å². The molecule has 0 radical (unpaired) electrons. The van der Waals surface area contributed by atoms with Gasteiger partial charge in [-0.2, -0.15) is 13.2 Å². The quantitative estimate of drug-likeness (QED) is 0.545. The second kappa shape index (κ2) is 7.59. The molecule has 0 spiro atoms. The van der Waals surface area contributed by atoms with Crippen molar-refractivity contribution < 1.29 is 22.7 Å². The molecule has 1 saturated carbocycles. The third-order valence-corrected chi connectivity index (χ3v) is 5.37. The van der Waals surface area contributed by atoms with Crippen LogP contribution in [0.2, 0.25) is 0 Å². The zero-order valence-electron chi connectivity index (χ0n) is 15.7. The summed E-state index contributed by atoms with van der Waals surface area (Å²) in [6.45, 7) is 0. The molecule has 1 heterocycles. The van der Waals surface area contributed by atoms with Crippen LogP contribution in [0, 0.1) is 5.92 Å². The third-order valence-electron chi connectivity index (χ3n) is 5.37. The van der Waals surface area contributed by atoms with Crippen molar-refractivity contribution in [1.29, 1.82) is 0 Å². The van der Waals surface area contributed by atoms with Gasteiger partial charge < -0.3 is 21.1 Å². The molecule has 154 valence electrons. The predicted octanol–water partition coefficient (Wildman–Crippen LogP) is 5.40. The van der Waals surface area contributed by atoms with Gasteiger partial charge in [-0.25, -0.2) is 0 Å². The molecule has 1 aliphatic heterocycles. The van der Waals surface area contributed by atoms with Crippen LogP contribution in [0.25, 0.3) is 0 Å². The van der Waals surface area contributed by atoms with E-state index in [9.17, 15) is 18.0 Å². The zero-order chi connectivity index (χ0) is 20.6. The van der Waals surface area contributed by atoms with E-state index in [1.54, 1.807) is 24.3 Å². The zero-order valence-corrected chi connectivity index (χ0v) is 15.7. The molecule has 4 rings (SSSR count). The number of nitrogens with two attached hydrogens (primary N) is 1. The number of fused-ring (bicyclic) bond motifs is 2. The second-order valence-electron chi connectivity index (χ2n) is 7.66. The lowest BCUT2D eigenvalue weighted by molar-refractivity contribution is -0.137. The van der Waals surface area contributed by atoms with Gasteiger partial charge in [0.15, 0.2) is 11.5 Å². The van der Waals surface area contributed by atoms with Crippen molar-refractivity contribution in [3.05, 3.63) is 42.0 Å². The van der Waals surface area contributed by atoms with E-state index in [0.29, 0.717) is 17.1 Å². The lowest BCUT2D eigenvalue weighted by Gasteiger charge is -2.27. The lowest BCUT2D eigenvalue weighted by atomic mass is 9.84. The van der Waals surface area contributed by atoms with Crippen LogP contribution in [0.5, 0.6) is 11.5 Å². The first-order valence-electron chi connectivity index (χ1n) is 9.64. The summed E-state index contributed by atoms with van der Waals surface area (Å²) in [5, 5.41) is 5.73. The maximum absolute atomic E-state index is 13.4. The number of alkyl halides is 3. The van der Waals surface area contributed by atoms with Gasteiger partial charge in [-0.05, 0) is 49.4 Å². The molecule has 8 heteroatoms. The number of benzene rings is 2. The number of carbonyl (C=O) groups excluding carboxylic acids is 1. The monoisotopic (exact) mass is 405 g/mol. The molecule has 0 saturated heterocycles. The summed E-state index contributed by atoms with van der Waals surface area (Å²) in [5.41, 5.74) is 6.07. The van der Waals surface area contributed by atoms with Crippen molar-refractivity contribution >= 4 is 23.0 Å². The molecule has 1 amide bonds. The largest absolute Gasteiger partial charge is 0.453 e. The Morgan fingerprint density at radius 2 is 2.00 bits per heavy atom. The highest BCUT2D eigenvalue weighted by Gasteiger charge is 2.34. The Morgan fingerprint density at radius 3 is 2.76 bits per heavy atom. The standard InChI is InChI=1S/C21H22F3N3O2/c22-21(23,24)13-10-16(26-19(28)9-12-4-3-5-14(25)8-12)20-18(11-13)29-17-7-2-1-6-15(17)27-20/h1-2,6-7,10-12,14,27H,3-5,8-9,25H2,(H,26,28). The van der Waals surface area contributed by atoms with Crippen molar-refractivity contribution in [1.82, 2.24) is 0 Å². The van der Waals surface area contributed by atoms with Gasteiger partial charge in [0, 0.05) is 12.5 Å². The van der Waals surface area contributed by atoms with Crippen LogP contribution in [-0.4, -0.2) is 11.9 Å². The van der Waals surface area contributed by atoms with E-state index >= 15 is 0 Å². The molecule has 2 aromatic carbocycles. The van der Waals surface area contributed by atoms with Crippen LogP contribution in [0.15, 0.2) is 36.4 Å². The van der Waals surface area contributed by atoms with Crippen molar-refractivity contribution in [2.24, 2.45) is 11.7 Å². The number of para-hydroxylation sites is 2. The van der Waals surface area contributed by atoms with Gasteiger partial charge in [-0.3, -0.25) is 4.79 Å². The minimum absolute atomic E-state index is 0.0218. The number of ether oxygens (including phenoxy) is 1. The summed E-state index contributed by atoms with van der Waals surface area (Å²) < 4.78 is 45.8. The normalized spacial score (nSPS) is 20.7. The first-order chi connectivity index (χ1) is 13.8. The first-order valence-corrected chi connectivity index (χ1v) is 9.64. The molecule has 2 aliphatic rings. The SMILES string of the molecule is NC1CCCC(CC(=O)Nc2cc(C(F)(F)F)cc3c2Nc2ccccc2O3)C1. The minimum atomic E-state index is -4.56. The summed E-state index contributed by atoms with van der Waals surface area (Å²) in [6, 6.07) is 8.89. The molecular weight excluding hydrogens is 383 g/mol. The maximum Gasteiger partial charge on any atom is 0.416 e. The van der Waals surface area contributed by atoms with E-state index in [4.69, 9.17) is 10.5 Å². The van der Waals surface area contributed by atoms with Crippen molar-refractivity contribution in [2.45, 2.75) is 44.3 Å². The van der Waals surface area contributed by atoms with E-state index in [-0.39, 0.29) is 35.7 Å². The molecule has 2 atom stereocenters. The fourth-order valence-electron chi connectivity index (χ4n) is 3.98. The van der Waals surface area contributed by atoms with Crippen molar-refractivity contribution in [3.63, 3.8) is 0 Å². The maximum atomic E-state index is 13.4. The molecule has 2 unspecified atom stereocenters. The van der Waals surface area contributed by atoms with Crippen molar-refractivity contribution in [2.75, 3.05) is 10.6 Å². The van der Waals surface area contributed by atoms with Crippen molar-refractivity contribution in [3.8, 4) is 11.5 Å². The molecule has 1 aliphatic carbocycles. The summed E-state index contributed by atoms with van der Waals surface area (Å²) >= 11 is 0. The second-order valence-corrected chi connectivity index (χ2v) is 7.66. The number of anilines is 3. The Bertz CT molecular complexity index is 930. The Hall–Kier alpha value is -2.74. The van der Waals surface area contributed by atoms with Crippen LogP contribution >= 0.6 is 0 Å². The molecular formula is C21H22F3N3O2. The van der Waals surface area contributed by atoms with E-state index in [2.05, 4.69) is 10.6 Å². The number of carbonyl (C=O) groups is 1. The predicted molar refractivity (Wildman–Crippen MR) is 104 cm³/mol. The average molecular weight is 405 g/mol. The third kappa shape index (κ3) is 4.32.